The van der Waals surface area contributed by atoms with Gasteiger partial charge in [-0.25, -0.2) is 4.98 Å². The monoisotopic (exact) mass is 285 g/mol. The van der Waals surface area contributed by atoms with Gasteiger partial charge in [-0.3, -0.25) is 4.79 Å². The molecule has 1 saturated heterocycles. The number of hydrogen-bond donors (Lipinski definition) is 2. The van der Waals surface area contributed by atoms with Crippen molar-refractivity contribution in [2.75, 3.05) is 13.1 Å². The highest BCUT2D eigenvalue weighted by molar-refractivity contribution is 5.93. The third-order valence-electron chi connectivity index (χ3n) is 3.66. The molecule has 1 unspecified atom stereocenters. The summed E-state index contributed by atoms with van der Waals surface area (Å²) in [5, 5.41) is 6.28. The Bertz CT molecular complexity index is 616. The second-order valence-corrected chi connectivity index (χ2v) is 5.32. The maximum Gasteiger partial charge on any atom is 0.289 e. The summed E-state index contributed by atoms with van der Waals surface area (Å²) in [6, 6.07) is 9.76. The molecule has 5 nitrogen and oxygen atoms in total. The molecule has 0 spiro atoms. The Morgan fingerprint density at radius 3 is 2.90 bits per heavy atom. The number of oxazole rings is 1. The van der Waals surface area contributed by atoms with Crippen LogP contribution in [0, 0.1) is 6.92 Å². The Morgan fingerprint density at radius 2 is 2.19 bits per heavy atom. The number of rotatable bonds is 3. The van der Waals surface area contributed by atoms with Crippen LogP contribution in [0.1, 0.15) is 29.1 Å². The first-order valence-electron chi connectivity index (χ1n) is 7.28. The third-order valence-corrected chi connectivity index (χ3v) is 3.66. The van der Waals surface area contributed by atoms with Gasteiger partial charge in [0.25, 0.3) is 5.91 Å². The van der Waals surface area contributed by atoms with E-state index in [1.807, 2.05) is 30.3 Å². The summed E-state index contributed by atoms with van der Waals surface area (Å²) in [4.78, 5) is 16.7. The van der Waals surface area contributed by atoms with Crippen LogP contribution in [0.3, 0.4) is 0 Å². The molecule has 1 aliphatic heterocycles. The highest BCUT2D eigenvalue weighted by atomic mass is 16.4. The topological polar surface area (TPSA) is 67.2 Å². The highest BCUT2D eigenvalue weighted by Gasteiger charge is 2.22. The largest absolute Gasteiger partial charge is 0.431 e. The van der Waals surface area contributed by atoms with Gasteiger partial charge in [-0.2, -0.15) is 0 Å². The van der Waals surface area contributed by atoms with Crippen molar-refractivity contribution in [2.45, 2.75) is 25.8 Å². The molecule has 110 valence electrons. The minimum atomic E-state index is -0.184. The van der Waals surface area contributed by atoms with Gasteiger partial charge in [0.05, 0.1) is 5.69 Å². The van der Waals surface area contributed by atoms with E-state index < -0.39 is 0 Å². The van der Waals surface area contributed by atoms with Gasteiger partial charge in [0.1, 0.15) is 0 Å². The Morgan fingerprint density at radius 1 is 1.38 bits per heavy atom. The first-order chi connectivity index (χ1) is 10.2. The van der Waals surface area contributed by atoms with Crippen molar-refractivity contribution in [3.05, 3.63) is 41.8 Å². The molecule has 2 N–H and O–H groups in total. The van der Waals surface area contributed by atoms with E-state index in [2.05, 4.69) is 15.6 Å². The zero-order valence-electron chi connectivity index (χ0n) is 12.1. The van der Waals surface area contributed by atoms with Crippen molar-refractivity contribution in [1.82, 2.24) is 15.6 Å². The number of piperidine rings is 1. The maximum atomic E-state index is 12.3. The fourth-order valence-electron chi connectivity index (χ4n) is 2.54. The van der Waals surface area contributed by atoms with E-state index in [-0.39, 0.29) is 11.9 Å². The van der Waals surface area contributed by atoms with E-state index >= 15 is 0 Å². The number of hydrogen-bond acceptors (Lipinski definition) is 4. The number of aryl methyl sites for hydroxylation is 1. The van der Waals surface area contributed by atoms with Crippen LogP contribution in [0.25, 0.3) is 11.5 Å². The van der Waals surface area contributed by atoms with Crippen molar-refractivity contribution in [3.8, 4) is 11.5 Å². The van der Waals surface area contributed by atoms with E-state index in [9.17, 15) is 4.79 Å². The average Bonchev–Trinajstić information content (AvgIpc) is 2.91. The minimum Gasteiger partial charge on any atom is -0.431 e. The van der Waals surface area contributed by atoms with Gasteiger partial charge in [-0.1, -0.05) is 18.2 Å². The molecule has 2 aromatic rings. The van der Waals surface area contributed by atoms with Crippen LogP contribution in [0.5, 0.6) is 0 Å². The molecule has 1 amide bonds. The van der Waals surface area contributed by atoms with Crippen LogP contribution in [-0.2, 0) is 0 Å². The van der Waals surface area contributed by atoms with Crippen molar-refractivity contribution in [2.24, 2.45) is 0 Å². The zero-order chi connectivity index (χ0) is 14.7. The smallest absolute Gasteiger partial charge is 0.289 e. The molecule has 0 bridgehead atoms. The standard InChI is InChI=1S/C16H19N3O2/c1-11-14(15(20)19-13-8-5-9-17-10-13)21-16(18-11)12-6-3-2-4-7-12/h2-4,6-7,13,17H,5,8-10H2,1H3,(H,19,20). The number of benzene rings is 1. The van der Waals surface area contributed by atoms with Gasteiger partial charge in [0.15, 0.2) is 0 Å². The molecule has 1 fully saturated rings. The van der Waals surface area contributed by atoms with Crippen LogP contribution in [-0.4, -0.2) is 30.0 Å². The van der Waals surface area contributed by atoms with Gasteiger partial charge in [0, 0.05) is 18.2 Å². The normalized spacial score (nSPS) is 18.4. The molecule has 3 rings (SSSR count). The van der Waals surface area contributed by atoms with Gasteiger partial charge >= 0.3 is 0 Å². The lowest BCUT2D eigenvalue weighted by molar-refractivity contribution is 0.0902. The van der Waals surface area contributed by atoms with E-state index in [1.165, 1.54) is 0 Å². The molecule has 1 aromatic heterocycles. The summed E-state index contributed by atoms with van der Waals surface area (Å²) in [6.45, 7) is 3.63. The number of amides is 1. The van der Waals surface area contributed by atoms with Crippen LogP contribution in [0.4, 0.5) is 0 Å². The van der Waals surface area contributed by atoms with Crippen molar-refractivity contribution >= 4 is 5.91 Å². The summed E-state index contributed by atoms with van der Waals surface area (Å²) in [7, 11) is 0. The lowest BCUT2D eigenvalue weighted by atomic mass is 10.1. The number of carbonyl (C=O) groups excluding carboxylic acids is 1. The minimum absolute atomic E-state index is 0.163. The molecule has 5 heteroatoms. The first-order valence-corrected chi connectivity index (χ1v) is 7.28. The average molecular weight is 285 g/mol. The second kappa shape index (κ2) is 6.10. The Labute approximate surface area is 123 Å². The van der Waals surface area contributed by atoms with Crippen molar-refractivity contribution < 1.29 is 9.21 Å². The quantitative estimate of drug-likeness (QED) is 0.906. The van der Waals surface area contributed by atoms with Crippen LogP contribution >= 0.6 is 0 Å². The summed E-state index contributed by atoms with van der Waals surface area (Å²) in [5.41, 5.74) is 1.49. The molecule has 0 radical (unpaired) electrons. The number of nitrogens with zero attached hydrogens (tertiary/aromatic N) is 1. The lowest BCUT2D eigenvalue weighted by Crippen LogP contribution is -2.45. The zero-order valence-corrected chi connectivity index (χ0v) is 12.1. The maximum absolute atomic E-state index is 12.3. The summed E-state index contributed by atoms with van der Waals surface area (Å²) in [5.74, 6) is 0.607. The van der Waals surface area contributed by atoms with Crippen molar-refractivity contribution in [1.29, 1.82) is 0 Å². The number of aromatic nitrogens is 1. The SMILES string of the molecule is Cc1nc(-c2ccccc2)oc1C(=O)NC1CCCNC1. The Kier molecular flexibility index (Phi) is 4.01. The first kappa shape index (κ1) is 13.8. The third kappa shape index (κ3) is 3.13. The lowest BCUT2D eigenvalue weighted by Gasteiger charge is -2.23. The van der Waals surface area contributed by atoms with E-state index in [0.29, 0.717) is 17.3 Å². The number of nitrogens with one attached hydrogen (secondary N) is 2. The molecule has 1 aromatic carbocycles. The molecular weight excluding hydrogens is 266 g/mol. The van der Waals surface area contributed by atoms with Crippen LogP contribution in [0.15, 0.2) is 34.7 Å². The van der Waals surface area contributed by atoms with E-state index in [1.54, 1.807) is 6.92 Å². The molecule has 0 aliphatic carbocycles. The summed E-state index contributed by atoms with van der Waals surface area (Å²) >= 11 is 0. The van der Waals surface area contributed by atoms with Gasteiger partial charge in [-0.15, -0.1) is 0 Å². The molecular formula is C16H19N3O2. The Hall–Kier alpha value is -2.14. The number of carbonyl (C=O) groups is 1. The van der Waals surface area contributed by atoms with Gasteiger partial charge in [-0.05, 0) is 38.4 Å². The molecule has 0 saturated carbocycles. The van der Waals surface area contributed by atoms with Gasteiger partial charge < -0.3 is 15.1 Å². The fraction of sp³-hybridized carbons (Fsp3) is 0.375. The predicted octanol–water partition coefficient (Wildman–Crippen LogP) is 2.13. The van der Waals surface area contributed by atoms with E-state index in [4.69, 9.17) is 4.42 Å². The molecule has 1 atom stereocenters. The highest BCUT2D eigenvalue weighted by Crippen LogP contribution is 2.21. The Balaban J connectivity index is 1.76. The molecule has 1 aliphatic rings. The van der Waals surface area contributed by atoms with Crippen LogP contribution in [0.2, 0.25) is 0 Å². The van der Waals surface area contributed by atoms with Crippen LogP contribution < -0.4 is 10.6 Å². The summed E-state index contributed by atoms with van der Waals surface area (Å²) < 4.78 is 5.66. The molecule has 21 heavy (non-hydrogen) atoms. The molecule has 2 heterocycles. The summed E-state index contributed by atoms with van der Waals surface area (Å²) in [6.07, 6.45) is 2.08. The second-order valence-electron chi connectivity index (χ2n) is 5.32. The predicted molar refractivity (Wildman–Crippen MR) is 80.0 cm³/mol. The fourth-order valence-corrected chi connectivity index (χ4v) is 2.54. The van der Waals surface area contributed by atoms with Gasteiger partial charge in [0.2, 0.25) is 11.7 Å². The van der Waals surface area contributed by atoms with E-state index in [0.717, 1.165) is 31.5 Å². The van der Waals surface area contributed by atoms with Crippen molar-refractivity contribution in [3.63, 3.8) is 0 Å².